The number of benzene rings is 2. The fraction of sp³-hybridized carbons (Fsp3) is 0.500. The minimum atomic E-state index is -0.659. The molecule has 2 aromatic rings. The van der Waals surface area contributed by atoms with E-state index in [0.717, 1.165) is 62.0 Å². The van der Waals surface area contributed by atoms with Gasteiger partial charge in [-0.15, -0.1) is 0 Å². The number of rotatable bonds is 8. The molecule has 162 valence electrons. The number of aryl methyl sites for hydroxylation is 1. The molecule has 1 aliphatic carbocycles. The van der Waals surface area contributed by atoms with Gasteiger partial charge in [-0.2, -0.15) is 0 Å². The van der Waals surface area contributed by atoms with Gasteiger partial charge < -0.3 is 9.47 Å². The lowest BCUT2D eigenvalue weighted by Crippen LogP contribution is -2.26. The summed E-state index contributed by atoms with van der Waals surface area (Å²) in [5.41, 5.74) is 2.32. The van der Waals surface area contributed by atoms with Gasteiger partial charge in [-0.1, -0.05) is 57.4 Å². The average molecular weight is 413 g/mol. The second-order valence-electron chi connectivity index (χ2n) is 8.34. The maximum absolute atomic E-state index is 14.5. The molecule has 0 amide bonds. The molecular formula is C26H33FO3. The SMILES string of the molecule is CCCCc1ccc(-c2ccc(OC(=O)O[C@H]3CC[C@H](CCC)CC3)cc2)c(F)c1. The topological polar surface area (TPSA) is 35.5 Å². The lowest BCUT2D eigenvalue weighted by molar-refractivity contribution is 0.0330. The second kappa shape index (κ2) is 11.1. The zero-order chi connectivity index (χ0) is 21.3. The summed E-state index contributed by atoms with van der Waals surface area (Å²) in [6.45, 7) is 4.34. The highest BCUT2D eigenvalue weighted by molar-refractivity contribution is 5.67. The van der Waals surface area contributed by atoms with E-state index >= 15 is 0 Å². The third-order valence-electron chi connectivity index (χ3n) is 5.97. The third-order valence-corrected chi connectivity index (χ3v) is 5.97. The van der Waals surface area contributed by atoms with Crippen molar-refractivity contribution in [2.45, 2.75) is 77.7 Å². The highest BCUT2D eigenvalue weighted by Crippen LogP contribution is 2.30. The number of hydrogen-bond donors (Lipinski definition) is 0. The van der Waals surface area contributed by atoms with Crippen LogP contribution in [0.15, 0.2) is 42.5 Å². The molecule has 0 aliphatic heterocycles. The number of unbranched alkanes of at least 4 members (excludes halogenated alkanes) is 1. The molecule has 0 N–H and O–H groups in total. The van der Waals surface area contributed by atoms with Gasteiger partial charge in [0, 0.05) is 5.56 Å². The van der Waals surface area contributed by atoms with Gasteiger partial charge in [-0.05, 0) is 73.8 Å². The van der Waals surface area contributed by atoms with Gasteiger partial charge in [0.1, 0.15) is 17.7 Å². The van der Waals surface area contributed by atoms with E-state index in [1.54, 1.807) is 30.3 Å². The van der Waals surface area contributed by atoms with Gasteiger partial charge in [0.2, 0.25) is 0 Å². The number of halogens is 1. The highest BCUT2D eigenvalue weighted by Gasteiger charge is 2.24. The fourth-order valence-corrected chi connectivity index (χ4v) is 4.23. The molecule has 0 unspecified atom stereocenters. The normalized spacial score (nSPS) is 18.8. The monoisotopic (exact) mass is 412 g/mol. The van der Waals surface area contributed by atoms with E-state index in [0.29, 0.717) is 11.3 Å². The first-order chi connectivity index (χ1) is 14.6. The predicted molar refractivity (Wildman–Crippen MR) is 118 cm³/mol. The molecule has 1 saturated carbocycles. The van der Waals surface area contributed by atoms with Crippen LogP contribution in [0.3, 0.4) is 0 Å². The summed E-state index contributed by atoms with van der Waals surface area (Å²) in [5, 5.41) is 0. The van der Waals surface area contributed by atoms with E-state index in [-0.39, 0.29) is 11.9 Å². The summed E-state index contributed by atoms with van der Waals surface area (Å²) in [6.07, 6.45) is 8.84. The Morgan fingerprint density at radius 1 is 1.00 bits per heavy atom. The van der Waals surface area contributed by atoms with Crippen LogP contribution >= 0.6 is 0 Å². The van der Waals surface area contributed by atoms with Crippen LogP contribution in [-0.4, -0.2) is 12.3 Å². The molecule has 0 heterocycles. The summed E-state index contributed by atoms with van der Waals surface area (Å²) in [7, 11) is 0. The summed E-state index contributed by atoms with van der Waals surface area (Å²) < 4.78 is 25.3. The van der Waals surface area contributed by atoms with Crippen LogP contribution in [0.25, 0.3) is 11.1 Å². The summed E-state index contributed by atoms with van der Waals surface area (Å²) in [6, 6.07) is 12.3. The molecule has 2 aromatic carbocycles. The van der Waals surface area contributed by atoms with Crippen molar-refractivity contribution < 1.29 is 18.7 Å². The highest BCUT2D eigenvalue weighted by atomic mass is 19.1. The quantitative estimate of drug-likeness (QED) is 0.329. The Hall–Kier alpha value is -2.36. The summed E-state index contributed by atoms with van der Waals surface area (Å²) >= 11 is 0. The smallest absolute Gasteiger partial charge is 0.431 e. The van der Waals surface area contributed by atoms with Crippen LogP contribution in [0.1, 0.15) is 70.8 Å². The molecular weight excluding hydrogens is 379 g/mol. The van der Waals surface area contributed by atoms with Crippen LogP contribution in [0.2, 0.25) is 0 Å². The minimum absolute atomic E-state index is 0.0507. The maximum atomic E-state index is 14.5. The van der Waals surface area contributed by atoms with Crippen molar-refractivity contribution in [3.05, 3.63) is 53.8 Å². The molecule has 0 spiro atoms. The van der Waals surface area contributed by atoms with E-state index in [9.17, 15) is 9.18 Å². The van der Waals surface area contributed by atoms with Crippen LogP contribution in [-0.2, 0) is 11.2 Å². The molecule has 3 nitrogen and oxygen atoms in total. The first-order valence-corrected chi connectivity index (χ1v) is 11.4. The molecule has 3 rings (SSSR count). The van der Waals surface area contributed by atoms with Gasteiger partial charge in [-0.3, -0.25) is 0 Å². The number of hydrogen-bond acceptors (Lipinski definition) is 3. The van der Waals surface area contributed by atoms with Crippen LogP contribution in [0.5, 0.6) is 5.75 Å². The lowest BCUT2D eigenvalue weighted by atomic mass is 9.85. The Morgan fingerprint density at radius 2 is 1.73 bits per heavy atom. The molecule has 0 saturated heterocycles. The van der Waals surface area contributed by atoms with Crippen LogP contribution in [0.4, 0.5) is 9.18 Å². The Bertz CT molecular complexity index is 808. The van der Waals surface area contributed by atoms with Gasteiger partial charge >= 0.3 is 6.16 Å². The van der Waals surface area contributed by atoms with Crippen molar-refractivity contribution in [3.63, 3.8) is 0 Å². The van der Waals surface area contributed by atoms with Crippen molar-refractivity contribution >= 4 is 6.16 Å². The molecule has 4 heteroatoms. The molecule has 1 aliphatic rings. The average Bonchev–Trinajstić information content (AvgIpc) is 2.74. The molecule has 1 fully saturated rings. The molecule has 0 radical (unpaired) electrons. The van der Waals surface area contributed by atoms with Crippen molar-refractivity contribution in [1.29, 1.82) is 0 Å². The van der Waals surface area contributed by atoms with E-state index in [2.05, 4.69) is 13.8 Å². The third kappa shape index (κ3) is 6.32. The zero-order valence-corrected chi connectivity index (χ0v) is 18.2. The van der Waals surface area contributed by atoms with E-state index in [4.69, 9.17) is 9.47 Å². The van der Waals surface area contributed by atoms with Crippen molar-refractivity contribution in [2.75, 3.05) is 0 Å². The Kier molecular flexibility index (Phi) is 8.30. The van der Waals surface area contributed by atoms with Gasteiger partial charge in [0.05, 0.1) is 0 Å². The second-order valence-corrected chi connectivity index (χ2v) is 8.34. The first kappa shape index (κ1) is 22.3. The van der Waals surface area contributed by atoms with Gasteiger partial charge in [0.25, 0.3) is 0 Å². The zero-order valence-electron chi connectivity index (χ0n) is 18.2. The molecule has 0 bridgehead atoms. The van der Waals surface area contributed by atoms with E-state index in [1.165, 1.54) is 12.8 Å². The van der Waals surface area contributed by atoms with Crippen molar-refractivity contribution in [2.24, 2.45) is 5.92 Å². The number of carbonyl (C=O) groups is 1. The maximum Gasteiger partial charge on any atom is 0.514 e. The van der Waals surface area contributed by atoms with Gasteiger partial charge in [0.15, 0.2) is 0 Å². The number of ether oxygens (including phenoxy) is 2. The molecule has 30 heavy (non-hydrogen) atoms. The summed E-state index contributed by atoms with van der Waals surface area (Å²) in [4.78, 5) is 12.1. The largest absolute Gasteiger partial charge is 0.514 e. The van der Waals surface area contributed by atoms with Crippen LogP contribution < -0.4 is 4.74 Å². The summed E-state index contributed by atoms with van der Waals surface area (Å²) in [5.74, 6) is 0.943. The standard InChI is InChI=1S/C26H33FO3/c1-3-5-7-20-10-17-24(25(27)18-20)21-11-15-23(16-12-21)30-26(28)29-22-13-8-19(6-4-2)9-14-22/h10-12,15-19,22H,3-9,13-14H2,1-2H3/t19-,22-. The molecule has 0 atom stereocenters. The van der Waals surface area contributed by atoms with Crippen molar-refractivity contribution in [3.8, 4) is 16.9 Å². The van der Waals surface area contributed by atoms with E-state index in [1.807, 2.05) is 12.1 Å². The number of carbonyl (C=O) groups excluding carboxylic acids is 1. The first-order valence-electron chi connectivity index (χ1n) is 11.4. The van der Waals surface area contributed by atoms with E-state index < -0.39 is 6.16 Å². The Labute approximate surface area is 179 Å². The Balaban J connectivity index is 1.53. The van der Waals surface area contributed by atoms with Crippen molar-refractivity contribution in [1.82, 2.24) is 0 Å². The lowest BCUT2D eigenvalue weighted by Gasteiger charge is -2.27. The minimum Gasteiger partial charge on any atom is -0.431 e. The predicted octanol–water partition coefficient (Wildman–Crippen LogP) is 7.71. The van der Waals surface area contributed by atoms with Crippen LogP contribution in [0, 0.1) is 11.7 Å². The van der Waals surface area contributed by atoms with Gasteiger partial charge in [-0.25, -0.2) is 9.18 Å². The fourth-order valence-electron chi connectivity index (χ4n) is 4.23. The Morgan fingerprint density at radius 3 is 2.37 bits per heavy atom. The molecule has 0 aromatic heterocycles.